The van der Waals surface area contributed by atoms with Crippen molar-refractivity contribution in [2.45, 2.75) is 39.3 Å². The number of aromatic nitrogens is 1. The predicted molar refractivity (Wildman–Crippen MR) is 107 cm³/mol. The molecule has 2 aromatic rings. The minimum Gasteiger partial charge on any atom is -0.454 e. The van der Waals surface area contributed by atoms with Crippen molar-refractivity contribution in [2.75, 3.05) is 26.3 Å². The Balaban J connectivity index is 1.42. The second kappa shape index (κ2) is 9.45. The van der Waals surface area contributed by atoms with E-state index in [4.69, 9.17) is 9.47 Å². The molecule has 8 heteroatoms. The van der Waals surface area contributed by atoms with Crippen molar-refractivity contribution in [3.63, 3.8) is 0 Å². The zero-order chi connectivity index (χ0) is 20.8. The monoisotopic (exact) mass is 401 g/mol. The highest BCUT2D eigenvalue weighted by molar-refractivity contribution is 5.84. The third kappa shape index (κ3) is 5.28. The molecule has 1 aliphatic heterocycles. The summed E-state index contributed by atoms with van der Waals surface area (Å²) in [5, 5.41) is 3.92. The first kappa shape index (κ1) is 20.7. The van der Waals surface area contributed by atoms with Crippen LogP contribution in [0.25, 0.3) is 10.9 Å². The molecule has 156 valence electrons. The number of benzene rings is 1. The number of para-hydroxylation sites is 1. The Kier molecular flexibility index (Phi) is 6.74. The minimum atomic E-state index is -0.457. The number of piperidine rings is 1. The Labute approximate surface area is 169 Å². The van der Waals surface area contributed by atoms with Crippen LogP contribution in [0.3, 0.4) is 0 Å². The van der Waals surface area contributed by atoms with Gasteiger partial charge in [-0.1, -0.05) is 18.2 Å². The van der Waals surface area contributed by atoms with Crippen molar-refractivity contribution >= 4 is 28.9 Å². The summed E-state index contributed by atoms with van der Waals surface area (Å²) < 4.78 is 12.0. The zero-order valence-corrected chi connectivity index (χ0v) is 16.8. The molecule has 1 saturated heterocycles. The van der Waals surface area contributed by atoms with Crippen LogP contribution in [0.2, 0.25) is 0 Å². The molecule has 0 aliphatic carbocycles. The third-order valence-corrected chi connectivity index (χ3v) is 5.06. The second-order valence-corrected chi connectivity index (χ2v) is 7.12. The topological polar surface area (TPSA) is 89.9 Å². The number of carbonyl (C=O) groups is 3. The molecular weight excluding hydrogens is 374 g/mol. The molecule has 0 spiro atoms. The summed E-state index contributed by atoms with van der Waals surface area (Å²) in [6, 6.07) is 9.78. The number of fused-ring (bicyclic) bond motifs is 1. The van der Waals surface area contributed by atoms with E-state index in [1.165, 1.54) is 0 Å². The number of nitrogens with one attached hydrogen (secondary N) is 1. The van der Waals surface area contributed by atoms with Crippen molar-refractivity contribution in [1.29, 1.82) is 0 Å². The van der Waals surface area contributed by atoms with Crippen LogP contribution in [0.15, 0.2) is 30.3 Å². The maximum atomic E-state index is 12.2. The van der Waals surface area contributed by atoms with E-state index in [9.17, 15) is 14.4 Å². The predicted octanol–water partition coefficient (Wildman–Crippen LogP) is 2.23. The van der Waals surface area contributed by atoms with E-state index in [0.717, 1.165) is 16.6 Å². The Hall–Kier alpha value is -3.03. The smallest absolute Gasteiger partial charge is 0.409 e. The fourth-order valence-electron chi connectivity index (χ4n) is 3.57. The van der Waals surface area contributed by atoms with Gasteiger partial charge in [-0.3, -0.25) is 9.59 Å². The summed E-state index contributed by atoms with van der Waals surface area (Å²) in [6.07, 6.45) is 0.971. The molecule has 0 unspecified atom stereocenters. The van der Waals surface area contributed by atoms with E-state index in [1.807, 2.05) is 41.8 Å². The standard InChI is InChI=1S/C21H27N3O5/c1-3-28-21(27)23-10-8-17(9-11-23)22-19(25)14-29-20(26)13-24-15(2)12-16-6-4-5-7-18(16)24/h4-7,12,17H,3,8-11,13-14H2,1-2H3,(H,22,25). The fraction of sp³-hybridized carbons (Fsp3) is 0.476. The number of aryl methyl sites for hydroxylation is 1. The van der Waals surface area contributed by atoms with Gasteiger partial charge in [0.1, 0.15) is 6.54 Å². The van der Waals surface area contributed by atoms with Crippen molar-refractivity contribution in [3.8, 4) is 0 Å². The summed E-state index contributed by atoms with van der Waals surface area (Å²) in [6.45, 7) is 4.86. The Bertz CT molecular complexity index is 884. The molecule has 0 radical (unpaired) electrons. The van der Waals surface area contributed by atoms with Gasteiger partial charge in [0, 0.05) is 30.3 Å². The molecule has 0 bridgehead atoms. The largest absolute Gasteiger partial charge is 0.454 e. The quantitative estimate of drug-likeness (QED) is 0.750. The van der Waals surface area contributed by atoms with Gasteiger partial charge in [-0.05, 0) is 44.2 Å². The highest BCUT2D eigenvalue weighted by Crippen LogP contribution is 2.19. The lowest BCUT2D eigenvalue weighted by Gasteiger charge is -2.31. The van der Waals surface area contributed by atoms with Crippen molar-refractivity contribution < 1.29 is 23.9 Å². The third-order valence-electron chi connectivity index (χ3n) is 5.06. The van der Waals surface area contributed by atoms with Crippen LogP contribution < -0.4 is 5.32 Å². The number of nitrogens with zero attached hydrogens (tertiary/aromatic N) is 2. The number of carbonyl (C=O) groups excluding carboxylic acids is 3. The first-order valence-electron chi connectivity index (χ1n) is 9.89. The molecule has 1 aliphatic rings. The molecule has 2 amide bonds. The summed E-state index contributed by atoms with van der Waals surface area (Å²) in [5.74, 6) is -0.788. The molecule has 0 saturated carbocycles. The second-order valence-electron chi connectivity index (χ2n) is 7.12. The Morgan fingerprint density at radius 3 is 2.59 bits per heavy atom. The van der Waals surface area contributed by atoms with Crippen LogP contribution in [-0.2, 0) is 25.6 Å². The van der Waals surface area contributed by atoms with Gasteiger partial charge in [-0.15, -0.1) is 0 Å². The van der Waals surface area contributed by atoms with Crippen LogP contribution in [0, 0.1) is 6.92 Å². The molecule has 1 aromatic heterocycles. The van der Waals surface area contributed by atoms with E-state index in [-0.39, 0.29) is 31.2 Å². The average molecular weight is 401 g/mol. The van der Waals surface area contributed by atoms with Gasteiger partial charge in [0.05, 0.1) is 6.61 Å². The summed E-state index contributed by atoms with van der Waals surface area (Å²) in [5.41, 5.74) is 1.92. The number of rotatable bonds is 6. The number of amides is 2. The van der Waals surface area contributed by atoms with E-state index < -0.39 is 5.97 Å². The SMILES string of the molecule is CCOC(=O)N1CCC(NC(=O)COC(=O)Cn2c(C)cc3ccccc32)CC1. The first-order valence-corrected chi connectivity index (χ1v) is 9.89. The van der Waals surface area contributed by atoms with Gasteiger partial charge in [0.15, 0.2) is 6.61 Å². The maximum Gasteiger partial charge on any atom is 0.409 e. The van der Waals surface area contributed by atoms with Crippen molar-refractivity contribution in [2.24, 2.45) is 0 Å². The average Bonchev–Trinajstić information content (AvgIpc) is 3.02. The van der Waals surface area contributed by atoms with Gasteiger partial charge >= 0.3 is 12.1 Å². The molecule has 29 heavy (non-hydrogen) atoms. The molecule has 1 aromatic carbocycles. The maximum absolute atomic E-state index is 12.2. The van der Waals surface area contributed by atoms with Crippen molar-refractivity contribution in [1.82, 2.24) is 14.8 Å². The molecule has 0 atom stereocenters. The lowest BCUT2D eigenvalue weighted by Crippen LogP contribution is -2.47. The van der Waals surface area contributed by atoms with Crippen LogP contribution in [0.5, 0.6) is 0 Å². The van der Waals surface area contributed by atoms with Gasteiger partial charge < -0.3 is 24.3 Å². The van der Waals surface area contributed by atoms with E-state index in [0.29, 0.717) is 32.5 Å². The Morgan fingerprint density at radius 2 is 1.86 bits per heavy atom. The number of hydrogen-bond donors (Lipinski definition) is 1. The molecule has 2 heterocycles. The lowest BCUT2D eigenvalue weighted by molar-refractivity contribution is -0.149. The number of hydrogen-bond acceptors (Lipinski definition) is 5. The van der Waals surface area contributed by atoms with Gasteiger partial charge in [-0.2, -0.15) is 0 Å². The summed E-state index contributed by atoms with van der Waals surface area (Å²) in [4.78, 5) is 37.6. The van der Waals surface area contributed by atoms with E-state index >= 15 is 0 Å². The normalized spacial score (nSPS) is 14.6. The summed E-state index contributed by atoms with van der Waals surface area (Å²) in [7, 11) is 0. The molecule has 1 N–H and O–H groups in total. The van der Waals surface area contributed by atoms with Gasteiger partial charge in [0.25, 0.3) is 5.91 Å². The highest BCUT2D eigenvalue weighted by Gasteiger charge is 2.24. The highest BCUT2D eigenvalue weighted by atomic mass is 16.6. The lowest BCUT2D eigenvalue weighted by atomic mass is 10.1. The fourth-order valence-corrected chi connectivity index (χ4v) is 3.57. The van der Waals surface area contributed by atoms with Gasteiger partial charge in [-0.25, -0.2) is 4.79 Å². The van der Waals surface area contributed by atoms with Crippen LogP contribution in [0.1, 0.15) is 25.5 Å². The van der Waals surface area contributed by atoms with Crippen LogP contribution in [-0.4, -0.2) is 59.8 Å². The summed E-state index contributed by atoms with van der Waals surface area (Å²) >= 11 is 0. The molecule has 8 nitrogen and oxygen atoms in total. The molecular formula is C21H27N3O5. The zero-order valence-electron chi connectivity index (χ0n) is 16.8. The van der Waals surface area contributed by atoms with E-state index in [2.05, 4.69) is 5.32 Å². The Morgan fingerprint density at radius 1 is 1.14 bits per heavy atom. The first-order chi connectivity index (χ1) is 14.0. The minimum absolute atomic E-state index is 0.0393. The number of likely N-dealkylation sites (tertiary alicyclic amines) is 1. The van der Waals surface area contributed by atoms with Crippen molar-refractivity contribution in [3.05, 3.63) is 36.0 Å². The number of esters is 1. The van der Waals surface area contributed by atoms with Crippen LogP contribution in [0.4, 0.5) is 4.79 Å². The van der Waals surface area contributed by atoms with Gasteiger partial charge in [0.2, 0.25) is 0 Å². The van der Waals surface area contributed by atoms with E-state index in [1.54, 1.807) is 11.8 Å². The number of ether oxygens (including phenoxy) is 2. The van der Waals surface area contributed by atoms with Crippen LogP contribution >= 0.6 is 0 Å². The molecule has 1 fully saturated rings. The molecule has 3 rings (SSSR count).